The molecule has 0 aliphatic carbocycles. The normalized spacial score (nSPS) is 11.3. The quantitative estimate of drug-likeness (QED) is 0.111. The van der Waals surface area contributed by atoms with Crippen LogP contribution >= 0.6 is 0 Å². The van der Waals surface area contributed by atoms with Crippen LogP contribution in [-0.2, 0) is 0 Å². The van der Waals surface area contributed by atoms with Crippen LogP contribution in [0.2, 0.25) is 0 Å². The third kappa shape index (κ3) is 14.3. The summed E-state index contributed by atoms with van der Waals surface area (Å²) in [5.74, 6) is 4.48. The van der Waals surface area contributed by atoms with Crippen molar-refractivity contribution in [1.29, 1.82) is 31.6 Å². The van der Waals surface area contributed by atoms with E-state index in [9.17, 15) is 31.6 Å². The van der Waals surface area contributed by atoms with Crippen molar-refractivity contribution in [2.24, 2.45) is 0 Å². The van der Waals surface area contributed by atoms with Crippen LogP contribution in [0.5, 0.6) is 0 Å². The van der Waals surface area contributed by atoms with Crippen LogP contribution in [0.3, 0.4) is 0 Å². The topological polar surface area (TPSA) is 250 Å². The zero-order valence-corrected chi connectivity index (χ0v) is 76.6. The van der Waals surface area contributed by atoms with Gasteiger partial charge in [-0.2, -0.15) is 31.6 Å². The molecule has 0 spiro atoms. The number of fused-ring (bicyclic) bond motifs is 18. The smallest absolute Gasteiger partial charge is 0.140 e. The molecular formula is C126H72N18. The maximum absolute atomic E-state index is 10.0. The molecule has 18 heteroatoms. The average Bonchev–Trinajstić information content (AvgIpc) is 1.57. The van der Waals surface area contributed by atoms with Crippen molar-refractivity contribution in [1.82, 2.24) is 57.3 Å². The summed E-state index contributed by atoms with van der Waals surface area (Å²) in [6.07, 6.45) is 11.2. The van der Waals surface area contributed by atoms with Crippen LogP contribution in [0.4, 0.5) is 0 Å². The number of hydrogen-bond donors (Lipinski definition) is 0. The largest absolute Gasteiger partial charge is 0.294 e. The molecule has 0 unspecified atom stereocenters. The second kappa shape index (κ2) is 35.2. The van der Waals surface area contributed by atoms with Crippen LogP contribution in [0.25, 0.3) is 233 Å². The first-order valence-electron chi connectivity index (χ1n) is 46.8. The van der Waals surface area contributed by atoms with E-state index in [0.29, 0.717) is 33.4 Å². The van der Waals surface area contributed by atoms with Gasteiger partial charge in [0.15, 0.2) is 0 Å². The molecule has 12 heterocycles. The summed E-state index contributed by atoms with van der Waals surface area (Å²) in [5, 5.41) is 71.1. The number of aromatic nitrogens is 12. The van der Waals surface area contributed by atoms with Crippen LogP contribution in [-0.4, -0.2) is 57.3 Å². The van der Waals surface area contributed by atoms with Gasteiger partial charge in [0.25, 0.3) is 0 Å². The second-order valence-electron chi connectivity index (χ2n) is 35.2. The Labute approximate surface area is 823 Å². The summed E-state index contributed by atoms with van der Waals surface area (Å²) in [7, 11) is 0. The lowest BCUT2D eigenvalue weighted by Crippen LogP contribution is -2.05. The molecule has 0 atom stereocenters. The predicted molar refractivity (Wildman–Crippen MR) is 573 cm³/mol. The molecule has 0 radical (unpaired) electrons. The molecule has 0 saturated heterocycles. The molecule has 0 bridgehead atoms. The highest BCUT2D eigenvalue weighted by Gasteiger charge is 2.27. The van der Waals surface area contributed by atoms with Gasteiger partial charge < -0.3 is 0 Å². The molecule has 0 aliphatic rings. The molecule has 0 N–H and O–H groups in total. The summed E-state index contributed by atoms with van der Waals surface area (Å²) in [5.41, 5.74) is 27.4. The molecule has 0 fully saturated rings. The van der Waals surface area contributed by atoms with E-state index in [2.05, 4.69) is 267 Å². The Kier molecular flexibility index (Phi) is 20.7. The number of nitrogens with zero attached hydrogens (tertiary/aromatic N) is 18. The average molecular weight is 1840 g/mol. The summed E-state index contributed by atoms with van der Waals surface area (Å²) in [4.78, 5) is 29.7. The lowest BCUT2D eigenvalue weighted by atomic mass is 9.92. The Bertz CT molecular complexity index is 10100. The van der Waals surface area contributed by atoms with Crippen molar-refractivity contribution in [3.05, 3.63) is 471 Å². The van der Waals surface area contributed by atoms with Gasteiger partial charge in [0.05, 0.1) is 155 Å². The van der Waals surface area contributed by atoms with E-state index in [0.717, 1.165) is 233 Å². The molecule has 27 rings (SSSR count). The van der Waals surface area contributed by atoms with Gasteiger partial charge in [-0.1, -0.05) is 224 Å². The van der Waals surface area contributed by atoms with Crippen molar-refractivity contribution < 1.29 is 0 Å². The molecule has 0 saturated carbocycles. The molecule has 15 aromatic carbocycles. The highest BCUT2D eigenvalue weighted by Crippen LogP contribution is 2.46. The third-order valence-corrected chi connectivity index (χ3v) is 27.3. The standard InChI is InChI=1S/3C42H24N6/c43-24-27-8-7-9-29(20-27)31-10-1-2-11-32(31)30-22-41(47-38-15-6-4-13-34(38)36-21-28(25-44)16-17-39(36)47)46-42(23-30)48-37-14-5-3-12-33(37)35-18-19-45-26-40(35)48;43-24-27-13-16-29(17-14-27)31-7-1-2-8-32(31)30-22-41(47-38-12-6-4-10-34(38)36-21-28(25-44)15-18-39(36)47)46-42(23-30)48-37-11-5-3-9-33(37)35-19-20-45-26-40(35)48;43-24-27-17-18-39-36(21-27)34-14-6-8-16-38(34)47(39)41-22-29(31-11-3-4-12-32(31)30-10-2-1-9-28(30)25-44)23-42(46-41)48-37-15-7-5-13-33(37)35-19-20-45-26-40(35)48/h3*1-23,26H. The van der Waals surface area contributed by atoms with Gasteiger partial charge in [-0.15, -0.1) is 0 Å². The van der Waals surface area contributed by atoms with Gasteiger partial charge in [-0.25, -0.2) is 15.0 Å². The Morgan fingerprint density at radius 3 is 0.743 bits per heavy atom. The van der Waals surface area contributed by atoms with E-state index < -0.39 is 0 Å². The summed E-state index contributed by atoms with van der Waals surface area (Å²) in [6, 6.07) is 148. The fraction of sp³-hybridized carbons (Fsp3) is 0. The SMILES string of the molecule is N#Cc1ccc(-c2ccccc2-c2cc(-n3c4ccccc4c4cc(C#N)ccc43)nc(-n3c4ccccc4c4ccncc43)c2)cc1.N#Cc1ccc2c(c1)c1ccccc1n2-c1cc(-c2ccccc2-c2ccccc2C#N)cc(-n2c3ccccc3c3ccncc32)n1.N#Cc1cccc(-c2ccccc2-c2cc(-n3c4ccccc4c4cc(C#N)ccc43)nc(-n3c4ccccc4c4ccncc43)c2)c1. The highest BCUT2D eigenvalue weighted by atomic mass is 15.2. The Hall–Kier alpha value is -21.1. The highest BCUT2D eigenvalue weighted by molar-refractivity contribution is 6.15. The van der Waals surface area contributed by atoms with E-state index in [1.165, 1.54) is 0 Å². The fourth-order valence-electron chi connectivity index (χ4n) is 21.0. The van der Waals surface area contributed by atoms with Crippen molar-refractivity contribution >= 4 is 131 Å². The third-order valence-electron chi connectivity index (χ3n) is 27.3. The van der Waals surface area contributed by atoms with Gasteiger partial charge in [-0.05, 0) is 237 Å². The number of pyridine rings is 6. The summed E-state index contributed by atoms with van der Waals surface area (Å²) < 4.78 is 13.1. The van der Waals surface area contributed by atoms with Crippen molar-refractivity contribution in [2.75, 3.05) is 0 Å². The Morgan fingerprint density at radius 1 is 0.160 bits per heavy atom. The minimum Gasteiger partial charge on any atom is -0.294 e. The lowest BCUT2D eigenvalue weighted by molar-refractivity contribution is 1.01. The fourth-order valence-corrected chi connectivity index (χ4v) is 21.0. The van der Waals surface area contributed by atoms with Crippen LogP contribution in [0.15, 0.2) is 438 Å². The second-order valence-corrected chi connectivity index (χ2v) is 35.2. The molecule has 18 nitrogen and oxygen atoms in total. The summed E-state index contributed by atoms with van der Waals surface area (Å²) >= 11 is 0. The first kappa shape index (κ1) is 84.7. The van der Waals surface area contributed by atoms with Crippen molar-refractivity contribution in [3.8, 4) is 138 Å². The van der Waals surface area contributed by atoms with Crippen LogP contribution < -0.4 is 0 Å². The number of hydrogen-bond acceptors (Lipinski definition) is 12. The zero-order chi connectivity index (χ0) is 96.6. The van der Waals surface area contributed by atoms with E-state index in [1.54, 1.807) is 0 Å². The molecular weight excluding hydrogens is 1770 g/mol. The van der Waals surface area contributed by atoms with Crippen molar-refractivity contribution in [3.63, 3.8) is 0 Å². The van der Waals surface area contributed by atoms with Crippen LogP contribution in [0, 0.1) is 68.0 Å². The Balaban J connectivity index is 0.000000113. The zero-order valence-electron chi connectivity index (χ0n) is 76.6. The minimum absolute atomic E-state index is 0.607. The van der Waals surface area contributed by atoms with Gasteiger partial charge in [0.2, 0.25) is 0 Å². The molecule has 27 aromatic rings. The minimum atomic E-state index is 0.607. The monoisotopic (exact) mass is 1840 g/mol. The molecule has 12 aromatic heterocycles. The van der Waals surface area contributed by atoms with E-state index in [1.807, 2.05) is 250 Å². The number of para-hydroxylation sites is 6. The molecule has 0 amide bonds. The first-order chi connectivity index (χ1) is 71.2. The van der Waals surface area contributed by atoms with Gasteiger partial charge in [-0.3, -0.25) is 42.4 Å². The maximum Gasteiger partial charge on any atom is 0.140 e. The molecule has 0 aliphatic heterocycles. The van der Waals surface area contributed by atoms with Crippen molar-refractivity contribution in [2.45, 2.75) is 0 Å². The van der Waals surface area contributed by atoms with E-state index in [-0.39, 0.29) is 0 Å². The number of benzene rings is 15. The van der Waals surface area contributed by atoms with Gasteiger partial charge in [0.1, 0.15) is 34.9 Å². The maximum atomic E-state index is 10.0. The molecule has 666 valence electrons. The Morgan fingerprint density at radius 2 is 0.410 bits per heavy atom. The first-order valence-corrected chi connectivity index (χ1v) is 46.8. The predicted octanol–water partition coefficient (Wildman–Crippen LogP) is 29.2. The molecule has 144 heavy (non-hydrogen) atoms. The van der Waals surface area contributed by atoms with E-state index in [4.69, 9.17) is 15.0 Å². The summed E-state index contributed by atoms with van der Waals surface area (Å²) in [6.45, 7) is 0. The number of nitriles is 6. The number of rotatable bonds is 12. The van der Waals surface area contributed by atoms with E-state index >= 15 is 0 Å². The van der Waals surface area contributed by atoms with Gasteiger partial charge >= 0.3 is 0 Å². The van der Waals surface area contributed by atoms with Crippen LogP contribution in [0.1, 0.15) is 33.4 Å². The van der Waals surface area contributed by atoms with Gasteiger partial charge in [0, 0.05) is 88.8 Å². The lowest BCUT2D eigenvalue weighted by Gasteiger charge is -2.16.